The Morgan fingerprint density at radius 3 is 2.53 bits per heavy atom. The summed E-state index contributed by atoms with van der Waals surface area (Å²) in [5.41, 5.74) is 0.556. The van der Waals surface area contributed by atoms with E-state index in [1.807, 2.05) is 19.1 Å². The first-order valence-electron chi connectivity index (χ1n) is 6.30. The molecule has 0 spiro atoms. The lowest BCUT2D eigenvalue weighted by molar-refractivity contribution is -0.145. The molecule has 0 radical (unpaired) electrons. The number of aliphatic carboxylic acids is 1. The highest BCUT2D eigenvalue weighted by atomic mass is 127. The standard InChI is InChI=1S/C14H16INO3/c1-9-3-2-8-16(12(9)14(18)19)13(17)10-4-6-11(15)7-5-10/h4-7,9,12H,2-3,8H2,1H3,(H,18,19). The van der Waals surface area contributed by atoms with Crippen LogP contribution >= 0.6 is 22.6 Å². The summed E-state index contributed by atoms with van der Waals surface area (Å²) in [5, 5.41) is 9.32. The smallest absolute Gasteiger partial charge is 0.326 e. The molecule has 2 unspecified atom stereocenters. The highest BCUT2D eigenvalue weighted by Crippen LogP contribution is 2.25. The number of rotatable bonds is 2. The highest BCUT2D eigenvalue weighted by Gasteiger charge is 2.37. The minimum atomic E-state index is -0.911. The van der Waals surface area contributed by atoms with Gasteiger partial charge in [0.15, 0.2) is 0 Å². The van der Waals surface area contributed by atoms with Crippen LogP contribution in [-0.2, 0) is 4.79 Å². The van der Waals surface area contributed by atoms with E-state index in [0.29, 0.717) is 12.1 Å². The van der Waals surface area contributed by atoms with Crippen LogP contribution in [0.1, 0.15) is 30.1 Å². The van der Waals surface area contributed by atoms with Crippen molar-refractivity contribution < 1.29 is 14.7 Å². The Labute approximate surface area is 125 Å². The molecule has 19 heavy (non-hydrogen) atoms. The van der Waals surface area contributed by atoms with E-state index >= 15 is 0 Å². The molecule has 1 aromatic rings. The van der Waals surface area contributed by atoms with Crippen molar-refractivity contribution in [3.05, 3.63) is 33.4 Å². The van der Waals surface area contributed by atoms with Crippen molar-refractivity contribution in [1.29, 1.82) is 0 Å². The molecule has 1 amide bonds. The Balaban J connectivity index is 2.25. The van der Waals surface area contributed by atoms with Crippen LogP contribution in [0.5, 0.6) is 0 Å². The van der Waals surface area contributed by atoms with Gasteiger partial charge in [-0.05, 0) is 65.6 Å². The number of amides is 1. The number of carbonyl (C=O) groups is 2. The Bertz CT molecular complexity index is 486. The van der Waals surface area contributed by atoms with E-state index in [0.717, 1.165) is 16.4 Å². The van der Waals surface area contributed by atoms with Gasteiger partial charge in [-0.2, -0.15) is 0 Å². The summed E-state index contributed by atoms with van der Waals surface area (Å²) >= 11 is 2.17. The van der Waals surface area contributed by atoms with E-state index in [-0.39, 0.29) is 11.8 Å². The van der Waals surface area contributed by atoms with E-state index in [2.05, 4.69) is 22.6 Å². The van der Waals surface area contributed by atoms with E-state index in [1.165, 1.54) is 4.90 Å². The summed E-state index contributed by atoms with van der Waals surface area (Å²) in [6, 6.07) is 6.51. The fraction of sp³-hybridized carbons (Fsp3) is 0.429. The SMILES string of the molecule is CC1CCCN(C(=O)c2ccc(I)cc2)C1C(=O)O. The van der Waals surface area contributed by atoms with Gasteiger partial charge in [0.2, 0.25) is 0 Å². The average Bonchev–Trinajstić information content (AvgIpc) is 2.38. The van der Waals surface area contributed by atoms with Crippen molar-refractivity contribution in [2.24, 2.45) is 5.92 Å². The number of benzene rings is 1. The van der Waals surface area contributed by atoms with Gasteiger partial charge in [-0.15, -0.1) is 0 Å². The molecular weight excluding hydrogens is 357 g/mol. The number of carboxylic acid groups (broad SMARTS) is 1. The second kappa shape index (κ2) is 5.90. The van der Waals surface area contributed by atoms with Crippen molar-refractivity contribution in [3.8, 4) is 0 Å². The summed E-state index contributed by atoms with van der Waals surface area (Å²) in [4.78, 5) is 25.3. The number of carboxylic acids is 1. The van der Waals surface area contributed by atoms with Gasteiger partial charge in [-0.1, -0.05) is 6.92 Å². The Morgan fingerprint density at radius 2 is 1.95 bits per heavy atom. The van der Waals surface area contributed by atoms with Gasteiger partial charge in [0, 0.05) is 15.7 Å². The third kappa shape index (κ3) is 3.08. The van der Waals surface area contributed by atoms with Crippen molar-refractivity contribution in [3.63, 3.8) is 0 Å². The van der Waals surface area contributed by atoms with Crippen LogP contribution in [0, 0.1) is 9.49 Å². The lowest BCUT2D eigenvalue weighted by atomic mass is 9.90. The van der Waals surface area contributed by atoms with Gasteiger partial charge in [-0.25, -0.2) is 4.79 Å². The van der Waals surface area contributed by atoms with Crippen LogP contribution in [0.4, 0.5) is 0 Å². The minimum Gasteiger partial charge on any atom is -0.480 e. The first-order chi connectivity index (χ1) is 9.00. The van der Waals surface area contributed by atoms with Crippen LogP contribution in [0.15, 0.2) is 24.3 Å². The lowest BCUT2D eigenvalue weighted by Gasteiger charge is -2.37. The number of hydrogen-bond acceptors (Lipinski definition) is 2. The first kappa shape index (κ1) is 14.3. The predicted molar refractivity (Wildman–Crippen MR) is 80.0 cm³/mol. The molecule has 1 N–H and O–H groups in total. The molecule has 1 fully saturated rings. The zero-order valence-electron chi connectivity index (χ0n) is 10.7. The summed E-state index contributed by atoms with van der Waals surface area (Å²) in [5.74, 6) is -1.10. The van der Waals surface area contributed by atoms with Gasteiger partial charge in [0.25, 0.3) is 5.91 Å². The van der Waals surface area contributed by atoms with Crippen LogP contribution in [0.25, 0.3) is 0 Å². The van der Waals surface area contributed by atoms with Crippen molar-refractivity contribution >= 4 is 34.5 Å². The maximum Gasteiger partial charge on any atom is 0.326 e. The molecule has 1 aliphatic rings. The highest BCUT2D eigenvalue weighted by molar-refractivity contribution is 14.1. The van der Waals surface area contributed by atoms with Crippen LogP contribution < -0.4 is 0 Å². The van der Waals surface area contributed by atoms with Crippen molar-refractivity contribution in [2.45, 2.75) is 25.8 Å². The van der Waals surface area contributed by atoms with Crippen molar-refractivity contribution in [2.75, 3.05) is 6.54 Å². The maximum atomic E-state index is 12.4. The van der Waals surface area contributed by atoms with Crippen LogP contribution in [-0.4, -0.2) is 34.5 Å². The Hall–Kier alpha value is -1.11. The lowest BCUT2D eigenvalue weighted by Crippen LogP contribution is -2.51. The monoisotopic (exact) mass is 373 g/mol. The fourth-order valence-corrected chi connectivity index (χ4v) is 2.91. The van der Waals surface area contributed by atoms with Gasteiger partial charge < -0.3 is 10.0 Å². The summed E-state index contributed by atoms with van der Waals surface area (Å²) in [6.45, 7) is 2.41. The number of likely N-dealkylation sites (tertiary alicyclic amines) is 1. The third-order valence-electron chi connectivity index (χ3n) is 3.54. The number of halogens is 1. The number of nitrogens with zero attached hydrogens (tertiary/aromatic N) is 1. The molecular formula is C14H16INO3. The number of hydrogen-bond donors (Lipinski definition) is 1. The molecule has 1 heterocycles. The topological polar surface area (TPSA) is 57.6 Å². The number of carbonyl (C=O) groups excluding carboxylic acids is 1. The molecule has 0 saturated carbocycles. The third-order valence-corrected chi connectivity index (χ3v) is 4.26. The Kier molecular flexibility index (Phi) is 4.44. The predicted octanol–water partition coefficient (Wildman–Crippen LogP) is 2.62. The molecule has 2 atom stereocenters. The van der Waals surface area contributed by atoms with Crippen molar-refractivity contribution in [1.82, 2.24) is 4.90 Å². The quantitative estimate of drug-likeness (QED) is 0.811. The fourth-order valence-electron chi connectivity index (χ4n) is 2.55. The first-order valence-corrected chi connectivity index (χ1v) is 7.38. The zero-order valence-corrected chi connectivity index (χ0v) is 12.8. The summed E-state index contributed by atoms with van der Waals surface area (Å²) in [7, 11) is 0. The van der Waals surface area contributed by atoms with Gasteiger partial charge in [-0.3, -0.25) is 4.79 Å². The molecule has 2 rings (SSSR count). The van der Waals surface area contributed by atoms with Crippen LogP contribution in [0.2, 0.25) is 0 Å². The molecule has 0 bridgehead atoms. The van der Waals surface area contributed by atoms with E-state index < -0.39 is 12.0 Å². The second-order valence-corrected chi connectivity index (χ2v) is 6.15. The summed E-state index contributed by atoms with van der Waals surface area (Å²) < 4.78 is 1.05. The molecule has 1 aromatic carbocycles. The minimum absolute atomic E-state index is 0.000881. The van der Waals surface area contributed by atoms with E-state index in [4.69, 9.17) is 0 Å². The largest absolute Gasteiger partial charge is 0.480 e. The maximum absolute atomic E-state index is 12.4. The second-order valence-electron chi connectivity index (χ2n) is 4.91. The molecule has 0 aromatic heterocycles. The normalized spacial score (nSPS) is 23.2. The molecule has 4 nitrogen and oxygen atoms in total. The molecule has 1 saturated heterocycles. The van der Waals surface area contributed by atoms with Gasteiger partial charge in [0.1, 0.15) is 6.04 Å². The number of piperidine rings is 1. The molecule has 0 aliphatic carbocycles. The van der Waals surface area contributed by atoms with Crippen LogP contribution in [0.3, 0.4) is 0 Å². The molecule has 102 valence electrons. The average molecular weight is 373 g/mol. The zero-order chi connectivity index (χ0) is 14.0. The molecule has 1 aliphatic heterocycles. The Morgan fingerprint density at radius 1 is 1.32 bits per heavy atom. The molecule has 5 heteroatoms. The van der Waals surface area contributed by atoms with Gasteiger partial charge in [0.05, 0.1) is 0 Å². The van der Waals surface area contributed by atoms with E-state index in [9.17, 15) is 14.7 Å². The van der Waals surface area contributed by atoms with Gasteiger partial charge >= 0.3 is 5.97 Å². The van der Waals surface area contributed by atoms with E-state index in [1.54, 1.807) is 12.1 Å². The summed E-state index contributed by atoms with van der Waals surface area (Å²) in [6.07, 6.45) is 1.72.